The van der Waals surface area contributed by atoms with E-state index < -0.39 is 0 Å². The van der Waals surface area contributed by atoms with Crippen LogP contribution in [0.1, 0.15) is 31.7 Å². The average Bonchev–Trinajstić information content (AvgIpc) is 2.23. The summed E-state index contributed by atoms with van der Waals surface area (Å²) in [5.41, 5.74) is 1.19. The predicted molar refractivity (Wildman–Crippen MR) is 67.0 cm³/mol. The number of hydrogen-bond acceptors (Lipinski definition) is 2. The molecule has 0 saturated carbocycles. The molecule has 0 bridgehead atoms. The van der Waals surface area contributed by atoms with Crippen LogP contribution in [0.15, 0.2) is 22.7 Å². The van der Waals surface area contributed by atoms with E-state index in [1.165, 1.54) is 24.8 Å². The van der Waals surface area contributed by atoms with Gasteiger partial charge in [0.2, 0.25) is 0 Å². The second-order valence-corrected chi connectivity index (χ2v) is 4.52. The molecule has 84 valence electrons. The number of hydrogen-bond donors (Lipinski definition) is 2. The lowest BCUT2D eigenvalue weighted by Crippen LogP contribution is -2.14. The highest BCUT2D eigenvalue weighted by Crippen LogP contribution is 2.24. The van der Waals surface area contributed by atoms with Gasteiger partial charge in [0.05, 0.1) is 4.47 Å². The molecule has 1 rings (SSSR count). The highest BCUT2D eigenvalue weighted by molar-refractivity contribution is 9.10. The maximum absolute atomic E-state index is 9.32. The van der Waals surface area contributed by atoms with Gasteiger partial charge in [-0.2, -0.15) is 0 Å². The van der Waals surface area contributed by atoms with Crippen molar-refractivity contribution in [2.45, 2.75) is 32.7 Å². The Kier molecular flexibility index (Phi) is 5.73. The molecule has 15 heavy (non-hydrogen) atoms. The number of rotatable bonds is 6. The summed E-state index contributed by atoms with van der Waals surface area (Å²) in [6.07, 6.45) is 3.77. The molecule has 3 heteroatoms. The fraction of sp³-hybridized carbons (Fsp3) is 0.500. The molecular formula is C12H18BrNO. The second-order valence-electron chi connectivity index (χ2n) is 3.67. The van der Waals surface area contributed by atoms with Crippen LogP contribution >= 0.6 is 15.9 Å². The van der Waals surface area contributed by atoms with Gasteiger partial charge in [0, 0.05) is 6.54 Å². The third kappa shape index (κ3) is 4.67. The summed E-state index contributed by atoms with van der Waals surface area (Å²) in [4.78, 5) is 0. The molecule has 0 aliphatic rings. The van der Waals surface area contributed by atoms with E-state index in [1.807, 2.05) is 12.1 Å². The fourth-order valence-corrected chi connectivity index (χ4v) is 1.82. The minimum Gasteiger partial charge on any atom is -0.507 e. The van der Waals surface area contributed by atoms with E-state index in [2.05, 4.69) is 28.2 Å². The minimum atomic E-state index is 0.296. The Morgan fingerprint density at radius 2 is 2.13 bits per heavy atom. The third-order valence-corrected chi connectivity index (χ3v) is 2.93. The van der Waals surface area contributed by atoms with Crippen LogP contribution in [0.2, 0.25) is 0 Å². The van der Waals surface area contributed by atoms with Crippen LogP contribution in [0.25, 0.3) is 0 Å². The minimum absolute atomic E-state index is 0.296. The Morgan fingerprint density at radius 1 is 1.33 bits per heavy atom. The summed E-state index contributed by atoms with van der Waals surface area (Å²) in [6.45, 7) is 4.13. The first-order chi connectivity index (χ1) is 7.24. The average molecular weight is 272 g/mol. The standard InChI is InChI=1S/C12H18BrNO/c1-2-3-4-7-14-9-10-5-6-12(15)11(13)8-10/h5-6,8,14-15H,2-4,7,9H2,1H3. The molecule has 0 aromatic heterocycles. The smallest absolute Gasteiger partial charge is 0.129 e. The molecule has 0 heterocycles. The van der Waals surface area contributed by atoms with Crippen LogP contribution in [0.3, 0.4) is 0 Å². The largest absolute Gasteiger partial charge is 0.507 e. The lowest BCUT2D eigenvalue weighted by Gasteiger charge is -2.05. The van der Waals surface area contributed by atoms with Crippen LogP contribution in [0.5, 0.6) is 5.75 Å². The van der Waals surface area contributed by atoms with Crippen molar-refractivity contribution in [1.29, 1.82) is 0 Å². The third-order valence-electron chi connectivity index (χ3n) is 2.30. The number of unbranched alkanes of at least 4 members (excludes halogenated alkanes) is 2. The number of nitrogens with one attached hydrogen (secondary N) is 1. The maximum Gasteiger partial charge on any atom is 0.129 e. The number of halogens is 1. The summed E-state index contributed by atoms with van der Waals surface area (Å²) in [5.74, 6) is 0.296. The van der Waals surface area contributed by atoms with Crippen LogP contribution in [0, 0.1) is 0 Å². The number of aromatic hydroxyl groups is 1. The van der Waals surface area contributed by atoms with Gasteiger partial charge in [-0.3, -0.25) is 0 Å². The molecule has 0 amide bonds. The number of phenolic OH excluding ortho intramolecular Hbond substituents is 1. The predicted octanol–water partition coefficient (Wildman–Crippen LogP) is 3.43. The molecule has 0 atom stereocenters. The summed E-state index contributed by atoms with van der Waals surface area (Å²) >= 11 is 3.30. The first-order valence-corrected chi connectivity index (χ1v) is 6.21. The van der Waals surface area contributed by atoms with E-state index in [-0.39, 0.29) is 0 Å². The second kappa shape index (κ2) is 6.85. The van der Waals surface area contributed by atoms with Crippen molar-refractivity contribution >= 4 is 15.9 Å². The van der Waals surface area contributed by atoms with Crippen LogP contribution < -0.4 is 5.32 Å². The molecule has 0 saturated heterocycles. The van der Waals surface area contributed by atoms with Crippen molar-refractivity contribution < 1.29 is 5.11 Å². The van der Waals surface area contributed by atoms with Crippen molar-refractivity contribution in [3.8, 4) is 5.75 Å². The summed E-state index contributed by atoms with van der Waals surface area (Å²) in [5, 5.41) is 12.7. The Labute approximate surface area is 99.8 Å². The molecule has 0 unspecified atom stereocenters. The van der Waals surface area contributed by atoms with E-state index >= 15 is 0 Å². The SMILES string of the molecule is CCCCCNCc1ccc(O)c(Br)c1. The Balaban J connectivity index is 2.28. The number of benzene rings is 1. The molecule has 1 aromatic rings. The molecule has 2 nitrogen and oxygen atoms in total. The summed E-state index contributed by atoms with van der Waals surface area (Å²) < 4.78 is 0.760. The van der Waals surface area contributed by atoms with Gasteiger partial charge >= 0.3 is 0 Å². The van der Waals surface area contributed by atoms with Gasteiger partial charge in [0.15, 0.2) is 0 Å². The van der Waals surface area contributed by atoms with Crippen LogP contribution in [-0.4, -0.2) is 11.7 Å². The summed E-state index contributed by atoms with van der Waals surface area (Å²) in [7, 11) is 0. The number of phenols is 1. The molecule has 1 aromatic carbocycles. The van der Waals surface area contributed by atoms with E-state index in [0.717, 1.165) is 17.6 Å². The normalized spacial score (nSPS) is 10.5. The Bertz CT molecular complexity index is 302. The van der Waals surface area contributed by atoms with E-state index in [0.29, 0.717) is 5.75 Å². The van der Waals surface area contributed by atoms with Gasteiger partial charge in [-0.25, -0.2) is 0 Å². The molecule has 0 aliphatic heterocycles. The molecule has 2 N–H and O–H groups in total. The fourth-order valence-electron chi connectivity index (χ4n) is 1.39. The van der Waals surface area contributed by atoms with Gasteiger partial charge in [0.1, 0.15) is 5.75 Å². The maximum atomic E-state index is 9.32. The topological polar surface area (TPSA) is 32.3 Å². The molecule has 0 spiro atoms. The highest BCUT2D eigenvalue weighted by Gasteiger charge is 1.98. The van der Waals surface area contributed by atoms with Crippen molar-refractivity contribution in [2.75, 3.05) is 6.54 Å². The van der Waals surface area contributed by atoms with Gasteiger partial charge < -0.3 is 10.4 Å². The van der Waals surface area contributed by atoms with Gasteiger partial charge in [0.25, 0.3) is 0 Å². The van der Waals surface area contributed by atoms with E-state index in [1.54, 1.807) is 6.07 Å². The molecule has 0 radical (unpaired) electrons. The van der Waals surface area contributed by atoms with Crippen molar-refractivity contribution in [2.24, 2.45) is 0 Å². The van der Waals surface area contributed by atoms with E-state index in [4.69, 9.17) is 0 Å². The summed E-state index contributed by atoms with van der Waals surface area (Å²) in [6, 6.07) is 5.60. The zero-order chi connectivity index (χ0) is 11.1. The monoisotopic (exact) mass is 271 g/mol. The quantitative estimate of drug-likeness (QED) is 0.777. The van der Waals surface area contributed by atoms with Crippen LogP contribution in [-0.2, 0) is 6.54 Å². The van der Waals surface area contributed by atoms with Gasteiger partial charge in [-0.05, 0) is 46.6 Å². The molecular weight excluding hydrogens is 254 g/mol. The van der Waals surface area contributed by atoms with Crippen molar-refractivity contribution in [3.05, 3.63) is 28.2 Å². The zero-order valence-electron chi connectivity index (χ0n) is 9.09. The highest BCUT2D eigenvalue weighted by atomic mass is 79.9. The van der Waals surface area contributed by atoms with Gasteiger partial charge in [-0.15, -0.1) is 0 Å². The zero-order valence-corrected chi connectivity index (χ0v) is 10.7. The van der Waals surface area contributed by atoms with Gasteiger partial charge in [-0.1, -0.05) is 25.8 Å². The first kappa shape index (κ1) is 12.5. The van der Waals surface area contributed by atoms with Crippen molar-refractivity contribution in [3.63, 3.8) is 0 Å². The molecule has 0 fully saturated rings. The lowest BCUT2D eigenvalue weighted by atomic mass is 10.2. The Hall–Kier alpha value is -0.540. The Morgan fingerprint density at radius 3 is 2.80 bits per heavy atom. The van der Waals surface area contributed by atoms with E-state index in [9.17, 15) is 5.11 Å². The lowest BCUT2D eigenvalue weighted by molar-refractivity contribution is 0.471. The first-order valence-electron chi connectivity index (χ1n) is 5.42. The van der Waals surface area contributed by atoms with Crippen LogP contribution in [0.4, 0.5) is 0 Å². The molecule has 0 aliphatic carbocycles. The van der Waals surface area contributed by atoms with Crippen molar-refractivity contribution in [1.82, 2.24) is 5.32 Å².